The van der Waals surface area contributed by atoms with E-state index in [1.807, 2.05) is 6.07 Å². The summed E-state index contributed by atoms with van der Waals surface area (Å²) in [7, 11) is 0. The lowest BCUT2D eigenvalue weighted by Crippen LogP contribution is -2.17. The van der Waals surface area contributed by atoms with Crippen LogP contribution < -0.4 is 10.1 Å². The van der Waals surface area contributed by atoms with Gasteiger partial charge in [0.2, 0.25) is 0 Å². The molecule has 1 aromatic rings. The maximum atomic E-state index is 5.90. The number of nitrogens with one attached hydrogen (secondary N) is 1. The first-order chi connectivity index (χ1) is 9.25. The van der Waals surface area contributed by atoms with Gasteiger partial charge in [0.05, 0.1) is 6.61 Å². The van der Waals surface area contributed by atoms with Crippen LogP contribution in [0.2, 0.25) is 0 Å². The van der Waals surface area contributed by atoms with Crippen LogP contribution in [-0.4, -0.2) is 19.7 Å². The van der Waals surface area contributed by atoms with Crippen molar-refractivity contribution in [2.75, 3.05) is 19.7 Å². The van der Waals surface area contributed by atoms with E-state index in [-0.39, 0.29) is 0 Å². The van der Waals surface area contributed by atoms with Crippen LogP contribution in [0.1, 0.15) is 57.9 Å². The fourth-order valence-corrected chi connectivity index (χ4v) is 2.05. The minimum absolute atomic E-state index is 0.520. The van der Waals surface area contributed by atoms with Crippen molar-refractivity contribution in [2.24, 2.45) is 0 Å². The zero-order valence-corrected chi connectivity index (χ0v) is 12.7. The fraction of sp³-hybridized carbons (Fsp3) is 0.647. The van der Waals surface area contributed by atoms with Gasteiger partial charge < -0.3 is 10.1 Å². The zero-order chi connectivity index (χ0) is 13.9. The molecule has 0 unspecified atom stereocenters. The van der Waals surface area contributed by atoms with E-state index in [0.717, 1.165) is 31.9 Å². The summed E-state index contributed by atoms with van der Waals surface area (Å²) in [6, 6.07) is 8.37. The Kier molecular flexibility index (Phi) is 8.31. The summed E-state index contributed by atoms with van der Waals surface area (Å²) in [4.78, 5) is 0. The van der Waals surface area contributed by atoms with Crippen LogP contribution in [0.25, 0.3) is 0 Å². The number of unbranched alkanes of at least 4 members (excludes halogenated alkanes) is 2. The van der Waals surface area contributed by atoms with Gasteiger partial charge in [0.25, 0.3) is 0 Å². The Hall–Kier alpha value is -1.02. The van der Waals surface area contributed by atoms with Crippen molar-refractivity contribution in [3.63, 3.8) is 0 Å². The van der Waals surface area contributed by atoms with E-state index in [9.17, 15) is 0 Å². The fourth-order valence-electron chi connectivity index (χ4n) is 2.05. The number of rotatable bonds is 10. The highest BCUT2D eigenvalue weighted by Crippen LogP contribution is 2.25. The Balaban J connectivity index is 2.16. The van der Waals surface area contributed by atoms with Crippen LogP contribution in [0.3, 0.4) is 0 Å². The van der Waals surface area contributed by atoms with Crippen molar-refractivity contribution < 1.29 is 4.74 Å². The van der Waals surface area contributed by atoms with E-state index in [2.05, 4.69) is 44.3 Å². The summed E-state index contributed by atoms with van der Waals surface area (Å²) in [5.41, 5.74) is 1.31. The molecular weight excluding hydrogens is 234 g/mol. The number of para-hydroxylation sites is 1. The Morgan fingerprint density at radius 3 is 2.53 bits per heavy atom. The van der Waals surface area contributed by atoms with Crippen LogP contribution in [-0.2, 0) is 0 Å². The quantitative estimate of drug-likeness (QED) is 0.633. The van der Waals surface area contributed by atoms with E-state index in [0.29, 0.717) is 5.92 Å². The molecular formula is C17H29NO. The first-order valence-electron chi connectivity index (χ1n) is 7.68. The maximum absolute atomic E-state index is 5.90. The first-order valence-corrected chi connectivity index (χ1v) is 7.68. The van der Waals surface area contributed by atoms with Gasteiger partial charge in [0, 0.05) is 0 Å². The predicted molar refractivity (Wildman–Crippen MR) is 83.0 cm³/mol. The van der Waals surface area contributed by atoms with Crippen molar-refractivity contribution in [1.82, 2.24) is 5.32 Å². The summed E-state index contributed by atoms with van der Waals surface area (Å²) < 4.78 is 5.90. The minimum Gasteiger partial charge on any atom is -0.493 e. The van der Waals surface area contributed by atoms with Gasteiger partial charge in [-0.05, 0) is 49.9 Å². The largest absolute Gasteiger partial charge is 0.493 e. The van der Waals surface area contributed by atoms with E-state index < -0.39 is 0 Å². The van der Waals surface area contributed by atoms with Crippen molar-refractivity contribution in [3.8, 4) is 5.75 Å². The summed E-state index contributed by atoms with van der Waals surface area (Å²) in [6.45, 7) is 9.71. The lowest BCUT2D eigenvalue weighted by Gasteiger charge is -2.13. The van der Waals surface area contributed by atoms with Crippen molar-refractivity contribution in [2.45, 2.75) is 52.4 Å². The molecule has 0 fully saturated rings. The van der Waals surface area contributed by atoms with Crippen LogP contribution in [0.4, 0.5) is 0 Å². The van der Waals surface area contributed by atoms with Gasteiger partial charge in [-0.3, -0.25) is 0 Å². The molecule has 0 heterocycles. The average Bonchev–Trinajstić information content (AvgIpc) is 2.42. The smallest absolute Gasteiger partial charge is 0.122 e. The molecule has 0 aliphatic carbocycles. The van der Waals surface area contributed by atoms with E-state index in [1.165, 1.54) is 24.8 Å². The summed E-state index contributed by atoms with van der Waals surface area (Å²) in [6.07, 6.45) is 4.85. The van der Waals surface area contributed by atoms with Gasteiger partial charge >= 0.3 is 0 Å². The normalized spacial score (nSPS) is 10.9. The monoisotopic (exact) mass is 263 g/mol. The Morgan fingerprint density at radius 1 is 1.05 bits per heavy atom. The van der Waals surface area contributed by atoms with Gasteiger partial charge in [0.15, 0.2) is 0 Å². The summed E-state index contributed by atoms with van der Waals surface area (Å²) in [5.74, 6) is 1.57. The SMILES string of the molecule is CCCCNCCCCOc1ccccc1C(C)C. The molecule has 1 N–H and O–H groups in total. The van der Waals surface area contributed by atoms with Crippen molar-refractivity contribution >= 4 is 0 Å². The molecule has 0 saturated carbocycles. The molecule has 0 spiro atoms. The second kappa shape index (κ2) is 9.85. The summed E-state index contributed by atoms with van der Waals surface area (Å²) >= 11 is 0. The molecule has 19 heavy (non-hydrogen) atoms. The first kappa shape index (κ1) is 16.0. The molecule has 0 aliphatic rings. The van der Waals surface area contributed by atoms with Crippen LogP contribution in [0.15, 0.2) is 24.3 Å². The lowest BCUT2D eigenvalue weighted by atomic mass is 10.0. The van der Waals surface area contributed by atoms with E-state index in [1.54, 1.807) is 0 Å². The van der Waals surface area contributed by atoms with Crippen LogP contribution in [0.5, 0.6) is 5.75 Å². The van der Waals surface area contributed by atoms with Crippen molar-refractivity contribution in [1.29, 1.82) is 0 Å². The standard InChI is InChI=1S/C17H29NO/c1-4-5-12-18-13-8-9-14-19-17-11-7-6-10-16(17)15(2)3/h6-7,10-11,15,18H,4-5,8-9,12-14H2,1-3H3. The highest BCUT2D eigenvalue weighted by molar-refractivity contribution is 5.35. The molecule has 0 atom stereocenters. The van der Waals surface area contributed by atoms with Gasteiger partial charge in [-0.1, -0.05) is 45.4 Å². The molecule has 0 aliphatic heterocycles. The third-order valence-corrected chi connectivity index (χ3v) is 3.25. The number of ether oxygens (including phenoxy) is 1. The van der Waals surface area contributed by atoms with Gasteiger partial charge in [-0.15, -0.1) is 0 Å². The number of hydrogen-bond acceptors (Lipinski definition) is 2. The number of hydrogen-bond donors (Lipinski definition) is 1. The van der Waals surface area contributed by atoms with Crippen molar-refractivity contribution in [3.05, 3.63) is 29.8 Å². The second-order valence-corrected chi connectivity index (χ2v) is 5.35. The topological polar surface area (TPSA) is 21.3 Å². The molecule has 1 rings (SSSR count). The summed E-state index contributed by atoms with van der Waals surface area (Å²) in [5, 5.41) is 3.46. The lowest BCUT2D eigenvalue weighted by molar-refractivity contribution is 0.302. The van der Waals surface area contributed by atoms with Gasteiger partial charge in [-0.25, -0.2) is 0 Å². The maximum Gasteiger partial charge on any atom is 0.122 e. The molecule has 0 saturated heterocycles. The minimum atomic E-state index is 0.520. The molecule has 0 bridgehead atoms. The third kappa shape index (κ3) is 6.63. The Labute approximate surface area is 118 Å². The highest BCUT2D eigenvalue weighted by atomic mass is 16.5. The highest BCUT2D eigenvalue weighted by Gasteiger charge is 2.06. The third-order valence-electron chi connectivity index (χ3n) is 3.25. The van der Waals surface area contributed by atoms with Crippen LogP contribution >= 0.6 is 0 Å². The van der Waals surface area contributed by atoms with Gasteiger partial charge in [0.1, 0.15) is 5.75 Å². The molecule has 2 heteroatoms. The van der Waals surface area contributed by atoms with Crippen LogP contribution in [0, 0.1) is 0 Å². The molecule has 0 aromatic heterocycles. The number of benzene rings is 1. The van der Waals surface area contributed by atoms with E-state index >= 15 is 0 Å². The molecule has 0 radical (unpaired) electrons. The zero-order valence-electron chi connectivity index (χ0n) is 12.7. The second-order valence-electron chi connectivity index (χ2n) is 5.35. The van der Waals surface area contributed by atoms with Gasteiger partial charge in [-0.2, -0.15) is 0 Å². The Morgan fingerprint density at radius 2 is 1.79 bits per heavy atom. The molecule has 0 amide bonds. The molecule has 2 nitrogen and oxygen atoms in total. The molecule has 1 aromatic carbocycles. The molecule has 108 valence electrons. The van der Waals surface area contributed by atoms with E-state index in [4.69, 9.17) is 4.74 Å². The average molecular weight is 263 g/mol. The predicted octanol–water partition coefficient (Wildman–Crippen LogP) is 4.36. The Bertz CT molecular complexity index is 336.